The smallest absolute Gasteiger partial charge is 0.343 e. The number of nitrogens with zero attached hydrogens (tertiary/aromatic N) is 2. The van der Waals surface area contributed by atoms with E-state index in [4.69, 9.17) is 4.74 Å². The fourth-order valence-corrected chi connectivity index (χ4v) is 3.05. The third-order valence-electron chi connectivity index (χ3n) is 4.22. The van der Waals surface area contributed by atoms with Gasteiger partial charge in [0.25, 0.3) is 0 Å². The third kappa shape index (κ3) is 3.73. The molecule has 0 aliphatic heterocycles. The summed E-state index contributed by atoms with van der Waals surface area (Å²) in [5, 5.41) is 0. The van der Waals surface area contributed by atoms with Crippen LogP contribution in [0.25, 0.3) is 22.3 Å². The molecule has 27 heavy (non-hydrogen) atoms. The second-order valence-corrected chi connectivity index (χ2v) is 6.98. The van der Waals surface area contributed by atoms with Crippen LogP contribution in [0.2, 0.25) is 0 Å². The standard InChI is InChI=1S/C22H15BrN2O2/c1-14-6-7-16(12-18(14)23)22(26)27-17-10-8-15(9-11-17)21-13-24-19-4-2-3-5-20(19)25-21/h2-13H,1H3. The summed E-state index contributed by atoms with van der Waals surface area (Å²) in [7, 11) is 0. The number of fused-ring (bicyclic) bond motifs is 1. The molecule has 3 aromatic carbocycles. The van der Waals surface area contributed by atoms with Crippen molar-refractivity contribution in [3.05, 3.63) is 88.5 Å². The number of carbonyl (C=O) groups is 1. The molecule has 4 nitrogen and oxygen atoms in total. The summed E-state index contributed by atoms with van der Waals surface area (Å²) < 4.78 is 6.34. The fraction of sp³-hybridized carbons (Fsp3) is 0.0455. The van der Waals surface area contributed by atoms with Gasteiger partial charge >= 0.3 is 5.97 Å². The van der Waals surface area contributed by atoms with Crippen molar-refractivity contribution in [2.24, 2.45) is 0 Å². The number of benzene rings is 3. The van der Waals surface area contributed by atoms with Crippen molar-refractivity contribution in [2.75, 3.05) is 0 Å². The number of halogens is 1. The Balaban J connectivity index is 1.54. The van der Waals surface area contributed by atoms with Gasteiger partial charge in [0.05, 0.1) is 28.5 Å². The molecule has 0 spiro atoms. The zero-order valence-electron chi connectivity index (χ0n) is 14.5. The van der Waals surface area contributed by atoms with Gasteiger partial charge in [-0.3, -0.25) is 4.98 Å². The van der Waals surface area contributed by atoms with Gasteiger partial charge in [-0.1, -0.05) is 34.1 Å². The summed E-state index contributed by atoms with van der Waals surface area (Å²) in [5.74, 6) is 0.0862. The minimum atomic E-state index is -0.394. The van der Waals surface area contributed by atoms with Gasteiger partial charge in [0.15, 0.2) is 0 Å². The highest BCUT2D eigenvalue weighted by Gasteiger charge is 2.10. The molecule has 0 saturated heterocycles. The molecule has 4 aromatic rings. The van der Waals surface area contributed by atoms with Crippen molar-refractivity contribution >= 4 is 32.9 Å². The van der Waals surface area contributed by atoms with E-state index in [1.807, 2.05) is 49.4 Å². The lowest BCUT2D eigenvalue weighted by Crippen LogP contribution is -2.08. The summed E-state index contributed by atoms with van der Waals surface area (Å²) in [4.78, 5) is 21.4. The van der Waals surface area contributed by atoms with E-state index in [9.17, 15) is 4.79 Å². The largest absolute Gasteiger partial charge is 0.423 e. The zero-order valence-corrected chi connectivity index (χ0v) is 16.1. The second-order valence-electron chi connectivity index (χ2n) is 6.12. The van der Waals surface area contributed by atoms with E-state index in [0.717, 1.165) is 32.3 Å². The lowest BCUT2D eigenvalue weighted by atomic mass is 10.1. The van der Waals surface area contributed by atoms with Gasteiger partial charge in [0, 0.05) is 10.0 Å². The molecule has 0 N–H and O–H groups in total. The molecule has 0 radical (unpaired) electrons. The van der Waals surface area contributed by atoms with Crippen molar-refractivity contribution < 1.29 is 9.53 Å². The van der Waals surface area contributed by atoms with Gasteiger partial charge in [-0.15, -0.1) is 0 Å². The van der Waals surface area contributed by atoms with Gasteiger partial charge < -0.3 is 4.74 Å². The molecule has 4 rings (SSSR count). The van der Waals surface area contributed by atoms with E-state index in [1.54, 1.807) is 30.5 Å². The number of ether oxygens (including phenoxy) is 1. The quantitative estimate of drug-likeness (QED) is 0.321. The highest BCUT2D eigenvalue weighted by Crippen LogP contribution is 2.23. The van der Waals surface area contributed by atoms with E-state index in [0.29, 0.717) is 11.3 Å². The monoisotopic (exact) mass is 418 g/mol. The molecule has 0 aliphatic carbocycles. The van der Waals surface area contributed by atoms with Crippen molar-refractivity contribution in [1.29, 1.82) is 0 Å². The highest BCUT2D eigenvalue weighted by atomic mass is 79.9. The molecule has 0 fully saturated rings. The van der Waals surface area contributed by atoms with Crippen LogP contribution in [0.5, 0.6) is 5.75 Å². The molecule has 5 heteroatoms. The Kier molecular flexibility index (Phi) is 4.69. The van der Waals surface area contributed by atoms with Gasteiger partial charge in [0.2, 0.25) is 0 Å². The minimum absolute atomic E-state index is 0.394. The van der Waals surface area contributed by atoms with Crippen molar-refractivity contribution in [1.82, 2.24) is 9.97 Å². The number of aromatic nitrogens is 2. The Hall–Kier alpha value is -3.05. The van der Waals surface area contributed by atoms with Crippen molar-refractivity contribution in [2.45, 2.75) is 6.92 Å². The molecule has 132 valence electrons. The van der Waals surface area contributed by atoms with Gasteiger partial charge in [-0.2, -0.15) is 0 Å². The molecule has 0 saturated carbocycles. The van der Waals surface area contributed by atoms with Crippen LogP contribution in [0.4, 0.5) is 0 Å². The maximum absolute atomic E-state index is 12.3. The van der Waals surface area contributed by atoms with Crippen LogP contribution in [-0.2, 0) is 0 Å². The first-order chi connectivity index (χ1) is 13.1. The number of hydrogen-bond donors (Lipinski definition) is 0. The first-order valence-corrected chi connectivity index (χ1v) is 9.20. The molecule has 0 atom stereocenters. The maximum atomic E-state index is 12.3. The first-order valence-electron chi connectivity index (χ1n) is 8.41. The number of carbonyl (C=O) groups excluding carboxylic acids is 1. The summed E-state index contributed by atoms with van der Waals surface area (Å²) in [5.41, 5.74) is 4.94. The zero-order chi connectivity index (χ0) is 18.8. The lowest BCUT2D eigenvalue weighted by Gasteiger charge is -2.07. The Bertz CT molecular complexity index is 1140. The van der Waals surface area contributed by atoms with Crippen LogP contribution in [0.1, 0.15) is 15.9 Å². The van der Waals surface area contributed by atoms with Gasteiger partial charge in [0.1, 0.15) is 5.75 Å². The summed E-state index contributed by atoms with van der Waals surface area (Å²) in [6, 6.07) is 20.4. The van der Waals surface area contributed by atoms with Crippen LogP contribution in [0.15, 0.2) is 77.4 Å². The predicted molar refractivity (Wildman–Crippen MR) is 109 cm³/mol. The van der Waals surface area contributed by atoms with Crippen molar-refractivity contribution in [3.8, 4) is 17.0 Å². The lowest BCUT2D eigenvalue weighted by molar-refractivity contribution is 0.0734. The number of aryl methyl sites for hydroxylation is 1. The van der Waals surface area contributed by atoms with Crippen LogP contribution in [-0.4, -0.2) is 15.9 Å². The number of esters is 1. The maximum Gasteiger partial charge on any atom is 0.343 e. The van der Waals surface area contributed by atoms with E-state index < -0.39 is 5.97 Å². The average molecular weight is 419 g/mol. The Morgan fingerprint density at radius 2 is 1.70 bits per heavy atom. The van der Waals surface area contributed by atoms with Crippen LogP contribution >= 0.6 is 15.9 Å². The van der Waals surface area contributed by atoms with Crippen LogP contribution in [0, 0.1) is 6.92 Å². The molecule has 0 unspecified atom stereocenters. The average Bonchev–Trinajstić information content (AvgIpc) is 2.70. The third-order valence-corrected chi connectivity index (χ3v) is 5.07. The molecule has 0 aliphatic rings. The topological polar surface area (TPSA) is 52.1 Å². The SMILES string of the molecule is Cc1ccc(C(=O)Oc2ccc(-c3cnc4ccccc4n3)cc2)cc1Br. The van der Waals surface area contributed by atoms with E-state index in [1.165, 1.54) is 0 Å². The number of rotatable bonds is 3. The van der Waals surface area contributed by atoms with E-state index in [-0.39, 0.29) is 0 Å². The van der Waals surface area contributed by atoms with E-state index in [2.05, 4.69) is 25.9 Å². The Morgan fingerprint density at radius 3 is 2.44 bits per heavy atom. The highest BCUT2D eigenvalue weighted by molar-refractivity contribution is 9.10. The molecule has 0 amide bonds. The molecular weight excluding hydrogens is 404 g/mol. The fourth-order valence-electron chi connectivity index (χ4n) is 2.68. The van der Waals surface area contributed by atoms with Gasteiger partial charge in [-0.25, -0.2) is 9.78 Å². The molecule has 1 heterocycles. The first kappa shape index (κ1) is 17.4. The second kappa shape index (κ2) is 7.29. The molecular formula is C22H15BrN2O2. The Labute approximate surface area is 165 Å². The number of para-hydroxylation sites is 2. The van der Waals surface area contributed by atoms with Crippen LogP contribution < -0.4 is 4.74 Å². The Morgan fingerprint density at radius 1 is 0.963 bits per heavy atom. The van der Waals surface area contributed by atoms with E-state index >= 15 is 0 Å². The normalized spacial score (nSPS) is 10.7. The van der Waals surface area contributed by atoms with Crippen molar-refractivity contribution in [3.63, 3.8) is 0 Å². The minimum Gasteiger partial charge on any atom is -0.423 e. The summed E-state index contributed by atoms with van der Waals surface area (Å²) >= 11 is 3.43. The van der Waals surface area contributed by atoms with Gasteiger partial charge in [-0.05, 0) is 61.0 Å². The van der Waals surface area contributed by atoms with Crippen LogP contribution in [0.3, 0.4) is 0 Å². The summed E-state index contributed by atoms with van der Waals surface area (Å²) in [6.45, 7) is 1.97. The molecule has 0 bridgehead atoms. The number of hydrogen-bond acceptors (Lipinski definition) is 4. The summed E-state index contributed by atoms with van der Waals surface area (Å²) in [6.07, 6.45) is 1.74. The molecule has 1 aromatic heterocycles. The predicted octanol–water partition coefficient (Wildman–Crippen LogP) is 5.59.